The summed E-state index contributed by atoms with van der Waals surface area (Å²) in [6.07, 6.45) is 1.21. The lowest BCUT2D eigenvalue weighted by molar-refractivity contribution is 0.0951. The fraction of sp³-hybridized carbons (Fsp3) is 0.625. The molecule has 1 aliphatic rings. The highest BCUT2D eigenvalue weighted by atomic mass is 35.5. The van der Waals surface area contributed by atoms with Crippen LogP contribution in [0.15, 0.2) is 12.1 Å². The first-order valence-corrected chi connectivity index (χ1v) is 9.44. The number of hydrogen-bond donors (Lipinski definition) is 1. The Morgan fingerprint density at radius 3 is 2.62 bits per heavy atom. The van der Waals surface area contributed by atoms with Crippen molar-refractivity contribution in [1.29, 1.82) is 0 Å². The predicted octanol–water partition coefficient (Wildman–Crippen LogP) is 3.55. The van der Waals surface area contributed by atoms with Crippen molar-refractivity contribution >= 4 is 35.1 Å². The molecule has 0 saturated carbocycles. The van der Waals surface area contributed by atoms with Gasteiger partial charge in [-0.1, -0.05) is 11.6 Å². The highest BCUT2D eigenvalue weighted by molar-refractivity contribution is 7.16. The van der Waals surface area contributed by atoms with Crippen molar-refractivity contribution in [2.24, 2.45) is 0 Å². The summed E-state index contributed by atoms with van der Waals surface area (Å²) < 4.78 is 5.73. The number of carbonyl (C=O) groups is 2. The second-order valence-electron chi connectivity index (χ2n) is 5.63. The third-order valence-electron chi connectivity index (χ3n) is 3.99. The minimum absolute atomic E-state index is 0.0726. The number of rotatable bonds is 5. The van der Waals surface area contributed by atoms with Gasteiger partial charge in [-0.2, -0.15) is 0 Å². The number of thiophene rings is 1. The van der Waals surface area contributed by atoms with Crippen LogP contribution in [0, 0.1) is 0 Å². The smallest absolute Gasteiger partial charge is 0.409 e. The average Bonchev–Trinajstić information content (AvgIpc) is 2.98. The number of nitrogens with one attached hydrogen (secondary N) is 1. The third-order valence-corrected chi connectivity index (χ3v) is 5.21. The Morgan fingerprint density at radius 2 is 2.08 bits per heavy atom. The minimum atomic E-state index is -0.271. The number of piperidine rings is 1. The molecule has 0 spiro atoms. The number of carbonyl (C=O) groups excluding carboxylic acids is 2. The molecule has 8 heteroatoms. The van der Waals surface area contributed by atoms with Gasteiger partial charge in [0.2, 0.25) is 0 Å². The van der Waals surface area contributed by atoms with E-state index in [1.807, 2.05) is 19.1 Å². The van der Waals surface area contributed by atoms with Crippen molar-refractivity contribution < 1.29 is 14.3 Å². The van der Waals surface area contributed by atoms with Crippen LogP contribution < -0.4 is 5.32 Å². The van der Waals surface area contributed by atoms with E-state index in [1.54, 1.807) is 16.7 Å². The van der Waals surface area contributed by atoms with Gasteiger partial charge < -0.3 is 19.9 Å². The molecular weight excluding hydrogens is 350 g/mol. The Hall–Kier alpha value is -1.47. The summed E-state index contributed by atoms with van der Waals surface area (Å²) in [5.41, 5.74) is 0. The molecule has 6 nitrogen and oxygen atoms in total. The highest BCUT2D eigenvalue weighted by Crippen LogP contribution is 2.22. The van der Waals surface area contributed by atoms with E-state index < -0.39 is 0 Å². The van der Waals surface area contributed by atoms with Gasteiger partial charge in [-0.05, 0) is 38.8 Å². The fourth-order valence-corrected chi connectivity index (χ4v) is 3.74. The van der Waals surface area contributed by atoms with Crippen LogP contribution in [0.1, 0.15) is 31.6 Å². The molecule has 0 aliphatic carbocycles. The molecule has 1 aromatic rings. The lowest BCUT2D eigenvalue weighted by atomic mass is 10.1. The topological polar surface area (TPSA) is 61.9 Å². The molecule has 1 saturated heterocycles. The Morgan fingerprint density at radius 1 is 1.38 bits per heavy atom. The number of hydrogen-bond acceptors (Lipinski definition) is 4. The molecule has 1 aromatic heterocycles. The van der Waals surface area contributed by atoms with Gasteiger partial charge in [-0.15, -0.1) is 11.3 Å². The third kappa shape index (κ3) is 5.27. The van der Waals surface area contributed by atoms with E-state index in [9.17, 15) is 9.59 Å². The van der Waals surface area contributed by atoms with Gasteiger partial charge in [-0.3, -0.25) is 0 Å². The zero-order valence-electron chi connectivity index (χ0n) is 14.1. The van der Waals surface area contributed by atoms with Gasteiger partial charge in [0, 0.05) is 30.6 Å². The highest BCUT2D eigenvalue weighted by Gasteiger charge is 2.25. The van der Waals surface area contributed by atoms with Crippen LogP contribution in [0.5, 0.6) is 0 Å². The quantitative estimate of drug-likeness (QED) is 0.858. The van der Waals surface area contributed by atoms with Crippen LogP contribution in [-0.2, 0) is 11.3 Å². The number of nitrogens with zero attached hydrogens (tertiary/aromatic N) is 2. The monoisotopic (exact) mass is 373 g/mol. The van der Waals surface area contributed by atoms with E-state index in [1.165, 1.54) is 11.3 Å². The predicted molar refractivity (Wildman–Crippen MR) is 95.6 cm³/mol. The Bertz CT molecular complexity index is 559. The van der Waals surface area contributed by atoms with Crippen molar-refractivity contribution in [2.45, 2.75) is 39.3 Å². The molecule has 0 aromatic carbocycles. The van der Waals surface area contributed by atoms with Crippen molar-refractivity contribution in [1.82, 2.24) is 15.1 Å². The van der Waals surface area contributed by atoms with E-state index in [0.717, 1.165) is 22.1 Å². The van der Waals surface area contributed by atoms with Crippen LogP contribution in [0.25, 0.3) is 0 Å². The lowest BCUT2D eigenvalue weighted by Crippen LogP contribution is -2.50. The molecular formula is C16H24ClN3O3S. The zero-order chi connectivity index (χ0) is 17.5. The molecule has 134 valence electrons. The van der Waals surface area contributed by atoms with Gasteiger partial charge in [0.1, 0.15) is 0 Å². The van der Waals surface area contributed by atoms with Crippen LogP contribution in [0.4, 0.5) is 9.59 Å². The number of ether oxygens (including phenoxy) is 1. The first kappa shape index (κ1) is 18.9. The molecule has 0 unspecified atom stereocenters. The number of halogens is 1. The first-order chi connectivity index (χ1) is 11.5. The van der Waals surface area contributed by atoms with E-state index in [2.05, 4.69) is 5.32 Å². The van der Waals surface area contributed by atoms with E-state index >= 15 is 0 Å². The summed E-state index contributed by atoms with van der Waals surface area (Å²) >= 11 is 7.43. The van der Waals surface area contributed by atoms with Crippen molar-refractivity contribution in [3.63, 3.8) is 0 Å². The number of amides is 3. The fourth-order valence-electron chi connectivity index (χ4n) is 2.64. The molecule has 2 rings (SSSR count). The number of urea groups is 1. The molecule has 2 heterocycles. The van der Waals surface area contributed by atoms with Crippen LogP contribution >= 0.6 is 22.9 Å². The molecule has 0 atom stereocenters. The standard InChI is InChI=1S/C16H24ClN3O3S/c1-3-19(11-13-5-6-14(17)24-13)15(21)18-12-7-9-20(10-8-12)16(22)23-4-2/h5-6,12H,3-4,7-11H2,1-2H3,(H,18,21). The molecule has 1 fully saturated rings. The van der Waals surface area contributed by atoms with Crippen molar-refractivity contribution in [2.75, 3.05) is 26.2 Å². The summed E-state index contributed by atoms with van der Waals surface area (Å²) in [5.74, 6) is 0. The van der Waals surface area contributed by atoms with Crippen LogP contribution in [0.3, 0.4) is 0 Å². The Kier molecular flexibility index (Phi) is 7.17. The molecule has 1 N–H and O–H groups in total. The van der Waals surface area contributed by atoms with E-state index in [0.29, 0.717) is 32.8 Å². The van der Waals surface area contributed by atoms with Gasteiger partial charge in [0.05, 0.1) is 17.5 Å². The van der Waals surface area contributed by atoms with Gasteiger partial charge >= 0.3 is 12.1 Å². The summed E-state index contributed by atoms with van der Waals surface area (Å²) in [7, 11) is 0. The zero-order valence-corrected chi connectivity index (χ0v) is 15.7. The summed E-state index contributed by atoms with van der Waals surface area (Å²) in [5, 5.41) is 3.07. The summed E-state index contributed by atoms with van der Waals surface area (Å²) in [6.45, 7) is 6.54. The average molecular weight is 374 g/mol. The van der Waals surface area contributed by atoms with Gasteiger partial charge in [0.25, 0.3) is 0 Å². The lowest BCUT2D eigenvalue weighted by Gasteiger charge is -2.33. The summed E-state index contributed by atoms with van der Waals surface area (Å²) in [6, 6.07) is 3.81. The van der Waals surface area contributed by atoms with E-state index in [4.69, 9.17) is 16.3 Å². The Labute approximate surface area is 151 Å². The van der Waals surface area contributed by atoms with Gasteiger partial charge in [-0.25, -0.2) is 9.59 Å². The molecule has 0 bridgehead atoms. The molecule has 24 heavy (non-hydrogen) atoms. The summed E-state index contributed by atoms with van der Waals surface area (Å²) in [4.78, 5) is 28.7. The first-order valence-electron chi connectivity index (χ1n) is 8.24. The van der Waals surface area contributed by atoms with Gasteiger partial charge in [0.15, 0.2) is 0 Å². The number of likely N-dealkylation sites (tertiary alicyclic amines) is 1. The van der Waals surface area contributed by atoms with E-state index in [-0.39, 0.29) is 18.2 Å². The van der Waals surface area contributed by atoms with Crippen LogP contribution in [-0.4, -0.2) is 54.2 Å². The largest absolute Gasteiger partial charge is 0.450 e. The molecule has 0 radical (unpaired) electrons. The van der Waals surface area contributed by atoms with Crippen molar-refractivity contribution in [3.8, 4) is 0 Å². The normalized spacial score (nSPS) is 15.2. The molecule has 3 amide bonds. The SMILES string of the molecule is CCOC(=O)N1CCC(NC(=O)N(CC)Cc2ccc(Cl)s2)CC1. The maximum atomic E-state index is 12.5. The maximum Gasteiger partial charge on any atom is 0.409 e. The van der Waals surface area contributed by atoms with Crippen LogP contribution in [0.2, 0.25) is 4.34 Å². The second kappa shape index (κ2) is 9.13. The van der Waals surface area contributed by atoms with Crippen molar-refractivity contribution in [3.05, 3.63) is 21.3 Å². The maximum absolute atomic E-state index is 12.5. The second-order valence-corrected chi connectivity index (χ2v) is 7.43. The minimum Gasteiger partial charge on any atom is -0.450 e. The molecule has 1 aliphatic heterocycles. The Balaban J connectivity index is 1.80.